The van der Waals surface area contributed by atoms with Crippen LogP contribution in [0.15, 0.2) is 79.0 Å². The molecule has 4 rings (SSSR count). The third-order valence-electron chi connectivity index (χ3n) is 4.87. The van der Waals surface area contributed by atoms with Crippen molar-refractivity contribution in [1.29, 1.82) is 0 Å². The molecule has 0 radical (unpaired) electrons. The molecule has 1 atom stereocenters. The summed E-state index contributed by atoms with van der Waals surface area (Å²) in [6.45, 7) is 2.07. The average molecular weight is 373 g/mol. The molecule has 0 saturated carbocycles. The first-order chi connectivity index (χ1) is 13.7. The van der Waals surface area contributed by atoms with Gasteiger partial charge in [-0.2, -0.15) is 0 Å². The molecule has 28 heavy (non-hydrogen) atoms. The number of benzene rings is 3. The van der Waals surface area contributed by atoms with Crippen LogP contribution in [0.25, 0.3) is 10.9 Å². The van der Waals surface area contributed by atoms with Crippen LogP contribution in [0.5, 0.6) is 5.75 Å². The number of Topliss-reactive ketones (excluding diaryl/α,β-unsaturated/α-hetero) is 1. The fourth-order valence-corrected chi connectivity index (χ4v) is 3.42. The number of ketones is 1. The Morgan fingerprint density at radius 3 is 2.50 bits per heavy atom. The highest BCUT2D eigenvalue weighted by molar-refractivity contribution is 6.10. The summed E-state index contributed by atoms with van der Waals surface area (Å²) in [5, 5.41) is 0.849. The molecule has 140 valence electrons. The van der Waals surface area contributed by atoms with Gasteiger partial charge in [0.1, 0.15) is 0 Å². The van der Waals surface area contributed by atoms with Gasteiger partial charge in [-0.25, -0.2) is 4.39 Å². The fourth-order valence-electron chi connectivity index (χ4n) is 3.42. The van der Waals surface area contributed by atoms with Crippen molar-refractivity contribution < 1.29 is 13.9 Å². The van der Waals surface area contributed by atoms with Crippen molar-refractivity contribution in [2.45, 2.75) is 19.4 Å². The lowest BCUT2D eigenvalue weighted by Gasteiger charge is -2.19. The third-order valence-corrected chi connectivity index (χ3v) is 4.87. The number of aryl methyl sites for hydroxylation is 1. The SMILES string of the molecule is CCc1cccc2c(C(=O)[C@@H](Oc3ccccc3F)c3ccccc3)c[nH]c12. The summed E-state index contributed by atoms with van der Waals surface area (Å²) in [5.41, 5.74) is 3.31. The fraction of sp³-hybridized carbons (Fsp3) is 0.125. The van der Waals surface area contributed by atoms with Crippen LogP contribution < -0.4 is 4.74 Å². The van der Waals surface area contributed by atoms with E-state index in [9.17, 15) is 9.18 Å². The van der Waals surface area contributed by atoms with Gasteiger partial charge in [0, 0.05) is 28.2 Å². The van der Waals surface area contributed by atoms with Gasteiger partial charge in [-0.05, 0) is 24.1 Å². The van der Waals surface area contributed by atoms with E-state index in [2.05, 4.69) is 11.9 Å². The third kappa shape index (κ3) is 3.29. The normalized spacial score (nSPS) is 12.1. The summed E-state index contributed by atoms with van der Waals surface area (Å²) in [4.78, 5) is 16.7. The number of carbonyl (C=O) groups is 1. The van der Waals surface area contributed by atoms with Crippen molar-refractivity contribution in [2.24, 2.45) is 0 Å². The molecule has 4 aromatic rings. The minimum Gasteiger partial charge on any atom is -0.474 e. The highest BCUT2D eigenvalue weighted by Gasteiger charge is 2.27. The highest BCUT2D eigenvalue weighted by atomic mass is 19.1. The van der Waals surface area contributed by atoms with Crippen molar-refractivity contribution in [3.63, 3.8) is 0 Å². The van der Waals surface area contributed by atoms with Crippen LogP contribution in [0.4, 0.5) is 4.39 Å². The van der Waals surface area contributed by atoms with Crippen LogP contribution >= 0.6 is 0 Å². The summed E-state index contributed by atoms with van der Waals surface area (Å²) in [6, 6.07) is 21.2. The number of hydrogen-bond acceptors (Lipinski definition) is 2. The van der Waals surface area contributed by atoms with Gasteiger partial charge in [-0.1, -0.05) is 67.6 Å². The predicted octanol–water partition coefficient (Wildman–Crippen LogP) is 5.87. The Kier molecular flexibility index (Phi) is 4.94. The minimum absolute atomic E-state index is 0.0544. The molecule has 3 aromatic carbocycles. The molecule has 1 N–H and O–H groups in total. The maximum atomic E-state index is 14.2. The largest absolute Gasteiger partial charge is 0.474 e. The standard InChI is InChI=1S/C24H20FNO2/c1-2-16-11-8-12-18-19(15-26-22(16)18)23(27)24(17-9-4-3-5-10-17)28-21-14-7-6-13-20(21)25/h3-15,24,26H,2H2,1H3/t24-/m0/s1. The van der Waals surface area contributed by atoms with Gasteiger partial charge in [0.2, 0.25) is 5.78 Å². The van der Waals surface area contributed by atoms with E-state index in [1.165, 1.54) is 12.1 Å². The second-order valence-electron chi connectivity index (χ2n) is 6.60. The minimum atomic E-state index is -0.942. The number of aromatic amines is 1. The maximum Gasteiger partial charge on any atom is 0.210 e. The Morgan fingerprint density at radius 2 is 1.75 bits per heavy atom. The molecular formula is C24H20FNO2. The van der Waals surface area contributed by atoms with E-state index in [1.807, 2.05) is 48.5 Å². The zero-order valence-electron chi connectivity index (χ0n) is 15.5. The van der Waals surface area contributed by atoms with E-state index in [0.29, 0.717) is 11.1 Å². The van der Waals surface area contributed by atoms with Crippen molar-refractivity contribution in [1.82, 2.24) is 4.98 Å². The number of carbonyl (C=O) groups excluding carboxylic acids is 1. The lowest BCUT2D eigenvalue weighted by molar-refractivity contribution is 0.0787. The number of hydrogen-bond donors (Lipinski definition) is 1. The second-order valence-corrected chi connectivity index (χ2v) is 6.60. The van der Waals surface area contributed by atoms with Crippen LogP contribution in [-0.4, -0.2) is 10.8 Å². The van der Waals surface area contributed by atoms with Crippen LogP contribution in [-0.2, 0) is 6.42 Å². The molecule has 1 aromatic heterocycles. The number of rotatable bonds is 6. The molecule has 0 amide bonds. The van der Waals surface area contributed by atoms with Crippen LogP contribution in [0, 0.1) is 5.82 Å². The Balaban J connectivity index is 1.79. The van der Waals surface area contributed by atoms with E-state index in [-0.39, 0.29) is 11.5 Å². The second kappa shape index (κ2) is 7.69. The molecule has 3 nitrogen and oxygen atoms in total. The Bertz CT molecular complexity index is 1120. The molecule has 0 fully saturated rings. The van der Waals surface area contributed by atoms with Gasteiger partial charge in [-0.3, -0.25) is 4.79 Å². The van der Waals surface area contributed by atoms with E-state index in [1.54, 1.807) is 18.3 Å². The molecule has 1 heterocycles. The first-order valence-electron chi connectivity index (χ1n) is 9.28. The van der Waals surface area contributed by atoms with E-state index in [4.69, 9.17) is 4.74 Å². The van der Waals surface area contributed by atoms with Crippen LogP contribution in [0.1, 0.15) is 34.5 Å². The lowest BCUT2D eigenvalue weighted by atomic mass is 9.98. The highest BCUT2D eigenvalue weighted by Crippen LogP contribution is 2.31. The number of fused-ring (bicyclic) bond motifs is 1. The molecule has 0 aliphatic heterocycles. The number of aromatic nitrogens is 1. The van der Waals surface area contributed by atoms with E-state index >= 15 is 0 Å². The number of para-hydroxylation sites is 2. The van der Waals surface area contributed by atoms with Crippen molar-refractivity contribution in [3.8, 4) is 5.75 Å². The number of ether oxygens (including phenoxy) is 1. The summed E-state index contributed by atoms with van der Waals surface area (Å²) in [7, 11) is 0. The average Bonchev–Trinajstić information content (AvgIpc) is 3.17. The van der Waals surface area contributed by atoms with Gasteiger partial charge in [-0.15, -0.1) is 0 Å². The molecule has 0 bridgehead atoms. The smallest absolute Gasteiger partial charge is 0.210 e. The lowest BCUT2D eigenvalue weighted by Crippen LogP contribution is -2.19. The molecule has 0 spiro atoms. The molecule has 4 heteroatoms. The zero-order chi connectivity index (χ0) is 19.5. The van der Waals surface area contributed by atoms with Gasteiger partial charge in [0.05, 0.1) is 0 Å². The summed E-state index contributed by atoms with van der Waals surface area (Å²) in [5.74, 6) is -0.656. The first-order valence-corrected chi connectivity index (χ1v) is 9.28. The quantitative estimate of drug-likeness (QED) is 0.429. The zero-order valence-corrected chi connectivity index (χ0v) is 15.5. The monoisotopic (exact) mass is 373 g/mol. The topological polar surface area (TPSA) is 42.1 Å². The molecule has 0 aliphatic carbocycles. The number of halogens is 1. The maximum absolute atomic E-state index is 14.2. The number of H-pyrrole nitrogens is 1. The molecule has 0 aliphatic rings. The van der Waals surface area contributed by atoms with Gasteiger partial charge in [0.15, 0.2) is 17.7 Å². The molecule has 0 saturated heterocycles. The summed E-state index contributed by atoms with van der Waals surface area (Å²) in [6.07, 6.45) is 1.63. The van der Waals surface area contributed by atoms with Crippen molar-refractivity contribution >= 4 is 16.7 Å². The van der Waals surface area contributed by atoms with Crippen LogP contribution in [0.2, 0.25) is 0 Å². The van der Waals surface area contributed by atoms with Gasteiger partial charge < -0.3 is 9.72 Å². The Hall–Kier alpha value is -3.40. The molecular weight excluding hydrogens is 353 g/mol. The van der Waals surface area contributed by atoms with E-state index in [0.717, 1.165) is 22.9 Å². The summed E-state index contributed by atoms with van der Waals surface area (Å²) >= 11 is 0. The van der Waals surface area contributed by atoms with Gasteiger partial charge >= 0.3 is 0 Å². The molecule has 0 unspecified atom stereocenters. The Labute approximate surface area is 162 Å². The Morgan fingerprint density at radius 1 is 1.00 bits per heavy atom. The van der Waals surface area contributed by atoms with Crippen molar-refractivity contribution in [2.75, 3.05) is 0 Å². The van der Waals surface area contributed by atoms with Gasteiger partial charge in [0.25, 0.3) is 0 Å². The summed E-state index contributed by atoms with van der Waals surface area (Å²) < 4.78 is 20.1. The van der Waals surface area contributed by atoms with Crippen molar-refractivity contribution in [3.05, 3.63) is 102 Å². The van der Waals surface area contributed by atoms with E-state index < -0.39 is 11.9 Å². The number of nitrogens with one attached hydrogen (secondary N) is 1. The van der Waals surface area contributed by atoms with Crippen LogP contribution in [0.3, 0.4) is 0 Å². The predicted molar refractivity (Wildman–Crippen MR) is 108 cm³/mol. The first kappa shape index (κ1) is 18.0.